The molecule has 1 N–H and O–H groups in total. The molecule has 0 aliphatic heterocycles. The molecule has 0 aliphatic carbocycles. The molecule has 1 atom stereocenters. The van der Waals surface area contributed by atoms with E-state index >= 15 is 0 Å². The molecule has 3 aromatic rings. The minimum absolute atomic E-state index is 0.0556. The summed E-state index contributed by atoms with van der Waals surface area (Å²) in [6.45, 7) is 6.84. The summed E-state index contributed by atoms with van der Waals surface area (Å²) >= 11 is 0. The molecule has 3 rings (SSSR count). The number of rotatable bonds is 6. The molecule has 0 bridgehead atoms. The van der Waals surface area contributed by atoms with E-state index in [1.807, 2.05) is 0 Å². The Hall–Kier alpha value is -3.11. The molecule has 1 aromatic carbocycles. The van der Waals surface area contributed by atoms with Crippen LogP contribution in [-0.4, -0.2) is 35.1 Å². The van der Waals surface area contributed by atoms with Crippen molar-refractivity contribution in [2.75, 3.05) is 0 Å². The van der Waals surface area contributed by atoms with Gasteiger partial charge in [0, 0.05) is 23.5 Å². The Bertz CT molecular complexity index is 1120. The van der Waals surface area contributed by atoms with Crippen LogP contribution in [0.3, 0.4) is 0 Å². The van der Waals surface area contributed by atoms with Crippen molar-refractivity contribution in [2.24, 2.45) is 0 Å². The summed E-state index contributed by atoms with van der Waals surface area (Å²) in [6, 6.07) is 9.01. The average Bonchev–Trinajstić information content (AvgIpc) is 3.17. The summed E-state index contributed by atoms with van der Waals surface area (Å²) in [6.07, 6.45) is 2.43. The van der Waals surface area contributed by atoms with Gasteiger partial charge in [-0.25, -0.2) is 17.9 Å². The molecule has 0 spiro atoms. The molecular weight excluding hydrogens is 408 g/mol. The third kappa shape index (κ3) is 5.28. The largest absolute Gasteiger partial charge is 0.449 e. The second-order valence-corrected chi connectivity index (χ2v) is 9.31. The minimum atomic E-state index is -3.69. The number of sulfonamides is 1. The fourth-order valence-corrected chi connectivity index (χ4v) is 3.94. The fourth-order valence-electron chi connectivity index (χ4n) is 2.52. The first-order chi connectivity index (χ1) is 14.0. The number of hydrogen-bond donors (Lipinski definition) is 1. The van der Waals surface area contributed by atoms with Crippen molar-refractivity contribution in [3.05, 3.63) is 60.2 Å². The Kier molecular flexibility index (Phi) is 5.99. The van der Waals surface area contributed by atoms with E-state index in [1.165, 1.54) is 24.3 Å². The predicted octanol–water partition coefficient (Wildman–Crippen LogP) is 3.13. The van der Waals surface area contributed by atoms with Gasteiger partial charge in [0.1, 0.15) is 0 Å². The number of hydrogen-bond acceptors (Lipinski definition) is 8. The lowest BCUT2D eigenvalue weighted by molar-refractivity contribution is 0.0265. The van der Waals surface area contributed by atoms with Gasteiger partial charge in [-0.3, -0.25) is 4.98 Å². The Morgan fingerprint density at radius 2 is 1.87 bits per heavy atom. The molecule has 2 aromatic heterocycles. The number of carbonyl (C=O) groups excluding carboxylic acids is 1. The third-order valence-electron chi connectivity index (χ3n) is 3.83. The van der Waals surface area contributed by atoms with Gasteiger partial charge in [-0.05, 0) is 64.1 Å². The smallest absolute Gasteiger partial charge is 0.338 e. The normalized spacial score (nSPS) is 13.1. The van der Waals surface area contributed by atoms with Gasteiger partial charge in [0.2, 0.25) is 15.8 Å². The number of ether oxygens (including phenoxy) is 1. The summed E-state index contributed by atoms with van der Waals surface area (Å²) in [5.74, 6) is -0.172. The first kappa shape index (κ1) is 21.6. The standard InChI is InChI=1S/C20H22N4O5S/c1-13(18-22-17(23-29-18)15-6-5-11-21-12-15)28-19(25)14-7-9-16(10-8-14)30(26,27)24-20(2,3)4/h5-13,24H,1-4H3. The van der Waals surface area contributed by atoms with Gasteiger partial charge in [0.25, 0.3) is 5.89 Å². The highest BCUT2D eigenvalue weighted by molar-refractivity contribution is 7.89. The van der Waals surface area contributed by atoms with Crippen molar-refractivity contribution in [3.63, 3.8) is 0 Å². The molecule has 0 aliphatic rings. The van der Waals surface area contributed by atoms with Crippen molar-refractivity contribution in [1.29, 1.82) is 0 Å². The summed E-state index contributed by atoms with van der Waals surface area (Å²) in [7, 11) is -3.69. The number of nitrogens with one attached hydrogen (secondary N) is 1. The van der Waals surface area contributed by atoms with Crippen LogP contribution >= 0.6 is 0 Å². The van der Waals surface area contributed by atoms with Crippen molar-refractivity contribution in [2.45, 2.75) is 44.2 Å². The van der Waals surface area contributed by atoms with Crippen molar-refractivity contribution in [1.82, 2.24) is 19.8 Å². The van der Waals surface area contributed by atoms with Crippen LogP contribution in [0.2, 0.25) is 0 Å². The first-order valence-corrected chi connectivity index (χ1v) is 10.6. The van der Waals surface area contributed by atoms with Gasteiger partial charge in [-0.2, -0.15) is 4.98 Å². The highest BCUT2D eigenvalue weighted by Gasteiger charge is 2.23. The highest BCUT2D eigenvalue weighted by Crippen LogP contribution is 2.21. The number of aromatic nitrogens is 3. The molecule has 10 heteroatoms. The van der Waals surface area contributed by atoms with Crippen LogP contribution in [0.1, 0.15) is 50.0 Å². The van der Waals surface area contributed by atoms with E-state index in [0.717, 1.165) is 0 Å². The number of esters is 1. The van der Waals surface area contributed by atoms with Gasteiger partial charge < -0.3 is 9.26 Å². The molecule has 9 nitrogen and oxygen atoms in total. The zero-order valence-corrected chi connectivity index (χ0v) is 17.8. The number of benzene rings is 1. The van der Waals surface area contributed by atoms with Crippen molar-refractivity contribution in [3.8, 4) is 11.4 Å². The summed E-state index contributed by atoms with van der Waals surface area (Å²) in [4.78, 5) is 20.7. The summed E-state index contributed by atoms with van der Waals surface area (Å²) in [5, 5.41) is 3.86. The van der Waals surface area contributed by atoms with Crippen molar-refractivity contribution < 1.29 is 22.5 Å². The molecule has 30 heavy (non-hydrogen) atoms. The van der Waals surface area contributed by atoms with E-state index in [2.05, 4.69) is 19.8 Å². The molecule has 0 fully saturated rings. The summed E-state index contributed by atoms with van der Waals surface area (Å²) in [5.41, 5.74) is 0.250. The second-order valence-electron chi connectivity index (χ2n) is 7.63. The van der Waals surface area contributed by atoms with E-state index in [-0.39, 0.29) is 16.3 Å². The van der Waals surface area contributed by atoms with Gasteiger partial charge in [0.05, 0.1) is 10.5 Å². The van der Waals surface area contributed by atoms with E-state index in [4.69, 9.17) is 9.26 Å². The van der Waals surface area contributed by atoms with Crippen LogP contribution in [0.15, 0.2) is 58.2 Å². The molecule has 0 amide bonds. The predicted molar refractivity (Wildman–Crippen MR) is 108 cm³/mol. The lowest BCUT2D eigenvalue weighted by Crippen LogP contribution is -2.40. The molecule has 2 heterocycles. The van der Waals surface area contributed by atoms with E-state index < -0.39 is 27.6 Å². The maximum atomic E-state index is 12.4. The zero-order chi connectivity index (χ0) is 21.9. The van der Waals surface area contributed by atoms with Gasteiger partial charge >= 0.3 is 5.97 Å². The van der Waals surface area contributed by atoms with E-state index in [1.54, 1.807) is 52.2 Å². The lowest BCUT2D eigenvalue weighted by atomic mass is 10.1. The molecule has 158 valence electrons. The van der Waals surface area contributed by atoms with E-state index in [0.29, 0.717) is 11.4 Å². The zero-order valence-electron chi connectivity index (χ0n) is 17.0. The van der Waals surface area contributed by atoms with E-state index in [9.17, 15) is 13.2 Å². The Morgan fingerprint density at radius 3 is 2.47 bits per heavy atom. The van der Waals surface area contributed by atoms with Crippen LogP contribution in [0, 0.1) is 0 Å². The van der Waals surface area contributed by atoms with Crippen LogP contribution in [0.4, 0.5) is 0 Å². The molecule has 0 saturated carbocycles. The van der Waals surface area contributed by atoms with Crippen LogP contribution in [0.5, 0.6) is 0 Å². The Balaban J connectivity index is 1.68. The molecular formula is C20H22N4O5S. The number of carbonyl (C=O) groups is 1. The van der Waals surface area contributed by atoms with Crippen LogP contribution in [0.25, 0.3) is 11.4 Å². The monoisotopic (exact) mass is 430 g/mol. The topological polar surface area (TPSA) is 124 Å². The van der Waals surface area contributed by atoms with Crippen LogP contribution in [-0.2, 0) is 14.8 Å². The maximum Gasteiger partial charge on any atom is 0.338 e. The first-order valence-electron chi connectivity index (χ1n) is 9.14. The van der Waals surface area contributed by atoms with Gasteiger partial charge in [0.15, 0.2) is 6.10 Å². The Morgan fingerprint density at radius 1 is 1.17 bits per heavy atom. The highest BCUT2D eigenvalue weighted by atomic mass is 32.2. The molecule has 0 radical (unpaired) electrons. The van der Waals surface area contributed by atoms with Gasteiger partial charge in [-0.1, -0.05) is 5.16 Å². The van der Waals surface area contributed by atoms with Gasteiger partial charge in [-0.15, -0.1) is 0 Å². The molecule has 0 saturated heterocycles. The third-order valence-corrected chi connectivity index (χ3v) is 5.61. The second kappa shape index (κ2) is 8.33. The summed E-state index contributed by atoms with van der Waals surface area (Å²) < 4.78 is 37.8. The molecule has 1 unspecified atom stereocenters. The number of pyridine rings is 1. The SMILES string of the molecule is CC(OC(=O)c1ccc(S(=O)(=O)NC(C)(C)C)cc1)c1nc(-c2cccnc2)no1. The fraction of sp³-hybridized carbons (Fsp3) is 0.300. The van der Waals surface area contributed by atoms with Crippen LogP contribution < -0.4 is 4.72 Å². The quantitative estimate of drug-likeness (QED) is 0.592. The lowest BCUT2D eigenvalue weighted by Gasteiger charge is -2.20. The van der Waals surface area contributed by atoms with Crippen molar-refractivity contribution >= 4 is 16.0 Å². The average molecular weight is 430 g/mol. The minimum Gasteiger partial charge on any atom is -0.449 e. The maximum absolute atomic E-state index is 12.4. The number of nitrogens with zero attached hydrogens (tertiary/aromatic N) is 3. The Labute approximate surface area is 174 Å².